The number of hydrogen-bond acceptors (Lipinski definition) is 9. The van der Waals surface area contributed by atoms with Crippen molar-refractivity contribution >= 4 is 61.9 Å². The van der Waals surface area contributed by atoms with Crippen molar-refractivity contribution in [3.8, 4) is 45.6 Å². The zero-order valence-electron chi connectivity index (χ0n) is 33.3. The van der Waals surface area contributed by atoms with Gasteiger partial charge in [-0.15, -0.1) is 4.79 Å². The van der Waals surface area contributed by atoms with E-state index in [1.807, 2.05) is 4.98 Å². The van der Waals surface area contributed by atoms with Gasteiger partial charge in [-0.3, -0.25) is 0 Å². The molecule has 5 heterocycles. The molecule has 8 aromatic rings. The maximum absolute atomic E-state index is 16.6. The molecule has 362 valence electrons. The molecular formula is C41H7F19N8O2S. The van der Waals surface area contributed by atoms with Crippen molar-refractivity contribution < 1.29 is 93.0 Å². The number of H-pyrrole nitrogens is 1. The van der Waals surface area contributed by atoms with Gasteiger partial charge in [0, 0.05) is 10.9 Å². The summed E-state index contributed by atoms with van der Waals surface area (Å²) >= 11 is -0.832. The lowest BCUT2D eigenvalue weighted by Crippen LogP contribution is -2.14. The van der Waals surface area contributed by atoms with Crippen molar-refractivity contribution in [2.45, 2.75) is 16.7 Å². The van der Waals surface area contributed by atoms with Crippen LogP contribution in [0.2, 0.25) is 0 Å². The summed E-state index contributed by atoms with van der Waals surface area (Å²) in [6, 6.07) is 0.0740. The molecule has 0 saturated carbocycles. The third kappa shape index (κ3) is 6.37. The highest BCUT2D eigenvalue weighted by atomic mass is 32.2. The molecule has 5 aromatic carbocycles. The van der Waals surface area contributed by atoms with Crippen LogP contribution in [-0.4, -0.2) is 52.3 Å². The molecule has 1 N–H and O–H groups in total. The first-order valence-corrected chi connectivity index (χ1v) is 19.7. The van der Waals surface area contributed by atoms with E-state index in [-0.39, 0.29) is 6.07 Å². The third-order valence-corrected chi connectivity index (χ3v) is 11.8. The predicted molar refractivity (Wildman–Crippen MR) is 202 cm³/mol. The van der Waals surface area contributed by atoms with Crippen LogP contribution in [0.25, 0.3) is 89.7 Å². The quantitative estimate of drug-likeness (QED) is 0.0794. The molecule has 71 heavy (non-hydrogen) atoms. The largest absolute Gasteiger partial charge is 0.462 e. The summed E-state index contributed by atoms with van der Waals surface area (Å²) in [5.74, 6) is -53.2. The molecule has 0 saturated heterocycles. The zero-order chi connectivity index (χ0) is 51.3. The van der Waals surface area contributed by atoms with E-state index in [1.165, 1.54) is 0 Å². The number of fused-ring (bicyclic) bond motifs is 20. The minimum absolute atomic E-state index is 0.0740. The van der Waals surface area contributed by atoms with E-state index < -0.39 is 239 Å². The molecule has 30 heteroatoms. The monoisotopic (exact) mass is 1040 g/mol. The molecule has 0 atom stereocenters. The molecule has 0 unspecified atom stereocenters. The van der Waals surface area contributed by atoms with E-state index in [1.54, 1.807) is 0 Å². The molecule has 10 rings (SSSR count). The van der Waals surface area contributed by atoms with Crippen LogP contribution in [0.5, 0.6) is 0 Å². The Kier molecular flexibility index (Phi) is 10.5. The number of esters is 1. The highest BCUT2D eigenvalue weighted by Crippen LogP contribution is 2.47. The number of halogens is 19. The smallest absolute Gasteiger partial charge is 0.344 e. The standard InChI is InChI=1S/C41H7F19N8O2S/c1-2-70-41(69)13-21(50)28(57)32(29(58)22(13)51)71-31-12-9(18(47)27(56)30(31)59)36-62-33-4-3-5(42)14(43)15(44)6(4)34(61-33)66-39-10-11(20(49)26(55)25(54)19(10)48)40(68(39)60)67-37-8-7(35(63-37)64-38(12)65-36)16(45)23(52)24(53)17(8)46/h3H,2H2,1H3,(H,61,62,63,64,65,66,67). The first-order valence-electron chi connectivity index (χ1n) is 18.8. The van der Waals surface area contributed by atoms with Gasteiger partial charge >= 0.3 is 5.97 Å². The summed E-state index contributed by atoms with van der Waals surface area (Å²) in [7, 11) is 0. The Labute approximate surface area is 379 Å². The highest BCUT2D eigenvalue weighted by Gasteiger charge is 2.38. The summed E-state index contributed by atoms with van der Waals surface area (Å²) in [5, 5.41) is -6.58. The molecule has 2 aliphatic heterocycles. The molecule has 10 nitrogen and oxygen atoms in total. The van der Waals surface area contributed by atoms with Crippen LogP contribution in [0, 0.1) is 105 Å². The second-order valence-corrected chi connectivity index (χ2v) is 15.5. The molecular weight excluding hydrogens is 1030 g/mol. The van der Waals surface area contributed by atoms with Crippen LogP contribution in [0.3, 0.4) is 0 Å². The number of nitrogens with one attached hydrogen (secondary N) is 1. The average molecular weight is 1040 g/mol. The van der Waals surface area contributed by atoms with Crippen LogP contribution in [0.15, 0.2) is 15.9 Å². The maximum Gasteiger partial charge on any atom is 0.344 e. The number of benzene rings is 5. The van der Waals surface area contributed by atoms with Crippen LogP contribution < -0.4 is 0 Å². The number of nitrogens with zero attached hydrogens (tertiary/aromatic N) is 7. The van der Waals surface area contributed by atoms with E-state index in [0.29, 0.717) is 0 Å². The minimum atomic E-state index is -2.71. The van der Waals surface area contributed by atoms with Crippen molar-refractivity contribution in [3.05, 3.63) is 116 Å². The number of rotatable bonds is 4. The number of hydrogen-bond donors (Lipinski definition) is 1. The Balaban J connectivity index is 1.45. The van der Waals surface area contributed by atoms with Crippen LogP contribution >= 0.6 is 11.8 Å². The van der Waals surface area contributed by atoms with E-state index in [4.69, 9.17) is 0 Å². The molecule has 0 aliphatic carbocycles. The Morgan fingerprint density at radius 1 is 0.479 bits per heavy atom. The number of carbonyl (C=O) groups is 1. The van der Waals surface area contributed by atoms with Crippen molar-refractivity contribution in [1.82, 2.24) is 39.7 Å². The van der Waals surface area contributed by atoms with E-state index in [2.05, 4.69) is 34.6 Å². The minimum Gasteiger partial charge on any atom is -0.462 e. The van der Waals surface area contributed by atoms with E-state index in [9.17, 15) is 31.1 Å². The lowest BCUT2D eigenvalue weighted by molar-refractivity contribution is 0.0511. The van der Waals surface area contributed by atoms with E-state index in [0.717, 1.165) is 6.92 Å². The number of ether oxygens (including phenoxy) is 1. The topological polar surface area (TPSA) is 124 Å². The maximum atomic E-state index is 16.6. The molecule has 0 amide bonds. The fraction of sp³-hybridized carbons (Fsp3) is 0.0488. The summed E-state index contributed by atoms with van der Waals surface area (Å²) in [6.07, 6.45) is 0. The molecule has 8 bridgehead atoms. The first-order chi connectivity index (χ1) is 33.5. The SMILES string of the molecule is CCOC(=O)c1c(F)c(F)c(Sc2c(F)c(F)c(F)c3c4nc5nc(nc6c7c(F)c(F)c(F)c(F)c7c(nc7nc(nc([nH]4)c23)-c2c(F)c(F)c(F)c(F)c2-7)n6F)-c2c-5cc(F)c(F)c2F)c(F)c1F. The zero-order valence-corrected chi connectivity index (χ0v) is 34.1. The first kappa shape index (κ1) is 46.7. The summed E-state index contributed by atoms with van der Waals surface area (Å²) in [4.78, 5) is 30.9. The number of aromatic amines is 1. The van der Waals surface area contributed by atoms with Gasteiger partial charge in [0.1, 0.15) is 16.9 Å². The third-order valence-electron chi connectivity index (χ3n) is 10.6. The Bertz CT molecular complexity index is 4010. The Morgan fingerprint density at radius 2 is 0.901 bits per heavy atom. The molecule has 3 aromatic heterocycles. The van der Waals surface area contributed by atoms with Gasteiger partial charge < -0.3 is 9.72 Å². The molecule has 2 aliphatic rings. The molecule has 0 fully saturated rings. The molecule has 0 radical (unpaired) electrons. The lowest BCUT2D eigenvalue weighted by Gasteiger charge is -2.12. The van der Waals surface area contributed by atoms with Crippen molar-refractivity contribution in [1.29, 1.82) is 0 Å². The summed E-state index contributed by atoms with van der Waals surface area (Å²) in [5.41, 5.74) is -14.4. The van der Waals surface area contributed by atoms with Crippen molar-refractivity contribution in [3.63, 3.8) is 0 Å². The fourth-order valence-electron chi connectivity index (χ4n) is 7.53. The van der Waals surface area contributed by atoms with Gasteiger partial charge in [-0.1, -0.05) is 16.2 Å². The Hall–Kier alpha value is -8.05. The number of carbonyl (C=O) groups excluding carboxylic acids is 1. The summed E-state index contributed by atoms with van der Waals surface area (Å²) < 4.78 is 299. The van der Waals surface area contributed by atoms with Gasteiger partial charge in [0.05, 0.1) is 49.2 Å². The molecule has 0 spiro atoms. The van der Waals surface area contributed by atoms with Crippen molar-refractivity contribution in [2.75, 3.05) is 6.61 Å². The average Bonchev–Trinajstić information content (AvgIpc) is 4.05. The van der Waals surface area contributed by atoms with Gasteiger partial charge in [-0.2, -0.15) is 0 Å². The normalized spacial score (nSPS) is 12.1. The Morgan fingerprint density at radius 3 is 1.45 bits per heavy atom. The van der Waals surface area contributed by atoms with Gasteiger partial charge in [-0.05, 0) is 13.0 Å². The van der Waals surface area contributed by atoms with Gasteiger partial charge in [0.25, 0.3) is 0 Å². The number of aromatic nitrogens is 8. The van der Waals surface area contributed by atoms with Gasteiger partial charge in [-0.25, -0.2) is 114 Å². The van der Waals surface area contributed by atoms with Crippen LogP contribution in [-0.2, 0) is 4.74 Å². The van der Waals surface area contributed by atoms with Crippen LogP contribution in [0.4, 0.5) is 83.5 Å². The van der Waals surface area contributed by atoms with Crippen LogP contribution in [0.1, 0.15) is 17.3 Å². The second-order valence-electron chi connectivity index (χ2n) is 14.4. The van der Waals surface area contributed by atoms with Gasteiger partial charge in [0.15, 0.2) is 139 Å². The second kappa shape index (κ2) is 16.0. The summed E-state index contributed by atoms with van der Waals surface area (Å²) in [6.45, 7) is 0.521. The lowest BCUT2D eigenvalue weighted by atomic mass is 10.1. The van der Waals surface area contributed by atoms with E-state index >= 15 is 57.2 Å². The van der Waals surface area contributed by atoms with Crippen molar-refractivity contribution in [2.24, 2.45) is 0 Å². The van der Waals surface area contributed by atoms with Gasteiger partial charge in [0.2, 0.25) is 0 Å². The predicted octanol–water partition coefficient (Wildman–Crippen LogP) is 11.9. The fourth-order valence-corrected chi connectivity index (χ4v) is 8.57. The highest BCUT2D eigenvalue weighted by molar-refractivity contribution is 7.99.